The molecule has 0 nitrogen and oxygen atoms in total. The normalized spacial score (nSPS) is 15.4. The maximum absolute atomic E-state index is 3.91. The summed E-state index contributed by atoms with van der Waals surface area (Å²) in [5, 5.41) is 3.01. The summed E-state index contributed by atoms with van der Waals surface area (Å²) in [5.74, 6) is 0.775. The van der Waals surface area contributed by atoms with E-state index >= 15 is 0 Å². The third-order valence-electron chi connectivity index (χ3n) is 4.25. The number of rotatable bonds is 4. The van der Waals surface area contributed by atoms with Gasteiger partial charge in [-0.3, -0.25) is 0 Å². The fourth-order valence-electron chi connectivity index (χ4n) is 3.18. The summed E-state index contributed by atoms with van der Waals surface area (Å²) < 4.78 is 0. The third kappa shape index (κ3) is 2.45. The average molecular weight is 317 g/mol. The smallest absolute Gasteiger partial charge is 0.0401 e. The van der Waals surface area contributed by atoms with Crippen molar-refractivity contribution in [3.63, 3.8) is 0 Å². The number of hydrogen-bond donors (Lipinski definition) is 0. The highest BCUT2D eigenvalue weighted by Crippen LogP contribution is 2.39. The van der Waals surface area contributed by atoms with Gasteiger partial charge in [0.2, 0.25) is 0 Å². The molecule has 0 N–H and O–H groups in total. The maximum atomic E-state index is 3.91. The molecule has 0 fully saturated rings. The van der Waals surface area contributed by atoms with Gasteiger partial charge in [0, 0.05) is 4.83 Å². The van der Waals surface area contributed by atoms with Crippen LogP contribution < -0.4 is 0 Å². The van der Waals surface area contributed by atoms with E-state index < -0.39 is 0 Å². The first-order valence-electron chi connectivity index (χ1n) is 7.34. The molecule has 19 heavy (non-hydrogen) atoms. The summed E-state index contributed by atoms with van der Waals surface area (Å²) >= 11 is 3.91. The van der Waals surface area contributed by atoms with Crippen molar-refractivity contribution in [2.45, 2.75) is 44.4 Å². The number of hydrogen-bond acceptors (Lipinski definition) is 0. The van der Waals surface area contributed by atoms with Gasteiger partial charge in [-0.1, -0.05) is 60.1 Å². The summed E-state index contributed by atoms with van der Waals surface area (Å²) in [6.07, 6.45) is 4.93. The molecule has 0 heterocycles. The van der Waals surface area contributed by atoms with Crippen molar-refractivity contribution in [2.24, 2.45) is 5.92 Å². The van der Waals surface area contributed by atoms with Gasteiger partial charge in [-0.25, -0.2) is 0 Å². The lowest BCUT2D eigenvalue weighted by Crippen LogP contribution is -1.96. The molecule has 1 heteroatoms. The first kappa shape index (κ1) is 13.2. The minimum atomic E-state index is 0.486. The van der Waals surface area contributed by atoms with Crippen molar-refractivity contribution in [1.29, 1.82) is 0 Å². The van der Waals surface area contributed by atoms with Gasteiger partial charge < -0.3 is 0 Å². The molecule has 2 aromatic carbocycles. The molecule has 0 saturated carbocycles. The van der Waals surface area contributed by atoms with Crippen molar-refractivity contribution < 1.29 is 0 Å². The minimum absolute atomic E-state index is 0.486. The van der Waals surface area contributed by atoms with Crippen LogP contribution in [-0.4, -0.2) is 0 Å². The molecular formula is C18H21Br. The molecule has 0 saturated heterocycles. The zero-order valence-corrected chi connectivity index (χ0v) is 13.3. The Morgan fingerprint density at radius 2 is 1.74 bits per heavy atom. The van der Waals surface area contributed by atoms with E-state index in [2.05, 4.69) is 60.1 Å². The summed E-state index contributed by atoms with van der Waals surface area (Å²) in [6.45, 7) is 4.60. The lowest BCUT2D eigenvalue weighted by atomic mass is 9.95. The zero-order chi connectivity index (χ0) is 13.4. The van der Waals surface area contributed by atoms with Crippen LogP contribution in [0.1, 0.15) is 48.2 Å². The number of halogens is 1. The van der Waals surface area contributed by atoms with E-state index in [1.165, 1.54) is 53.1 Å². The van der Waals surface area contributed by atoms with Crippen molar-refractivity contribution in [3.8, 4) is 0 Å². The van der Waals surface area contributed by atoms with Crippen LogP contribution in [0.2, 0.25) is 0 Å². The van der Waals surface area contributed by atoms with E-state index in [9.17, 15) is 0 Å². The number of aryl methyl sites for hydroxylation is 2. The second kappa shape index (κ2) is 5.28. The van der Waals surface area contributed by atoms with Crippen LogP contribution >= 0.6 is 15.9 Å². The molecule has 1 atom stereocenters. The van der Waals surface area contributed by atoms with E-state index in [1.807, 2.05) is 0 Å². The van der Waals surface area contributed by atoms with Crippen molar-refractivity contribution in [2.75, 3.05) is 0 Å². The third-order valence-corrected chi connectivity index (χ3v) is 5.20. The Labute approximate surface area is 124 Å². The maximum Gasteiger partial charge on any atom is 0.0401 e. The predicted molar refractivity (Wildman–Crippen MR) is 87.1 cm³/mol. The Morgan fingerprint density at radius 1 is 1.00 bits per heavy atom. The molecule has 0 amide bonds. The SMILES string of the molecule is CC(C)CCC(Br)c1ccc2c3c(cccc13)CC2. The number of benzene rings is 2. The first-order valence-corrected chi connectivity index (χ1v) is 8.26. The Morgan fingerprint density at radius 3 is 2.47 bits per heavy atom. The van der Waals surface area contributed by atoms with Gasteiger partial charge in [0.15, 0.2) is 0 Å². The molecule has 0 radical (unpaired) electrons. The van der Waals surface area contributed by atoms with Crippen molar-refractivity contribution in [3.05, 3.63) is 47.0 Å². The second-order valence-corrected chi connectivity index (χ2v) is 7.20. The average Bonchev–Trinajstić information content (AvgIpc) is 2.82. The Kier molecular flexibility index (Phi) is 3.66. The molecule has 2 aromatic rings. The topological polar surface area (TPSA) is 0 Å². The predicted octanol–water partition coefficient (Wildman–Crippen LogP) is 5.81. The van der Waals surface area contributed by atoms with Crippen molar-refractivity contribution >= 4 is 26.7 Å². The quantitative estimate of drug-likeness (QED) is 0.624. The molecule has 1 aliphatic carbocycles. The van der Waals surface area contributed by atoms with Gasteiger partial charge in [-0.2, -0.15) is 0 Å². The molecule has 0 bridgehead atoms. The molecule has 1 unspecified atom stereocenters. The Hall–Kier alpha value is -0.820. The summed E-state index contributed by atoms with van der Waals surface area (Å²) in [5.41, 5.74) is 4.55. The van der Waals surface area contributed by atoms with Crippen LogP contribution in [0.15, 0.2) is 30.3 Å². The second-order valence-electron chi connectivity index (χ2n) is 6.09. The Balaban J connectivity index is 2.01. The van der Waals surface area contributed by atoms with Gasteiger partial charge >= 0.3 is 0 Å². The molecule has 0 spiro atoms. The highest BCUT2D eigenvalue weighted by Gasteiger charge is 2.18. The molecule has 0 aliphatic heterocycles. The van der Waals surface area contributed by atoms with Crippen LogP contribution in [-0.2, 0) is 12.8 Å². The highest BCUT2D eigenvalue weighted by atomic mass is 79.9. The van der Waals surface area contributed by atoms with Gasteiger partial charge in [0.1, 0.15) is 0 Å². The standard InChI is InChI=1S/C18H21Br/c1-12(2)6-11-17(19)15-10-9-14-8-7-13-4-3-5-16(15)18(13)14/h3-5,9-10,12,17H,6-8,11H2,1-2H3. The van der Waals surface area contributed by atoms with Crippen LogP contribution in [0.5, 0.6) is 0 Å². The molecular weight excluding hydrogens is 296 g/mol. The van der Waals surface area contributed by atoms with Gasteiger partial charge in [0.05, 0.1) is 0 Å². The summed E-state index contributed by atoms with van der Waals surface area (Å²) in [6, 6.07) is 11.5. The minimum Gasteiger partial charge on any atom is -0.0839 e. The van der Waals surface area contributed by atoms with E-state index in [-0.39, 0.29) is 0 Å². The summed E-state index contributed by atoms with van der Waals surface area (Å²) in [7, 11) is 0. The lowest BCUT2D eigenvalue weighted by molar-refractivity contribution is 0.555. The van der Waals surface area contributed by atoms with Gasteiger partial charge in [-0.15, -0.1) is 0 Å². The van der Waals surface area contributed by atoms with Crippen LogP contribution in [0.4, 0.5) is 0 Å². The largest absolute Gasteiger partial charge is 0.0839 e. The van der Waals surface area contributed by atoms with E-state index in [1.54, 1.807) is 0 Å². The Bertz CT molecular complexity index is 588. The molecule has 100 valence electrons. The highest BCUT2D eigenvalue weighted by molar-refractivity contribution is 9.09. The van der Waals surface area contributed by atoms with E-state index in [0.717, 1.165) is 5.92 Å². The monoisotopic (exact) mass is 316 g/mol. The summed E-state index contributed by atoms with van der Waals surface area (Å²) in [4.78, 5) is 0.486. The van der Waals surface area contributed by atoms with E-state index in [0.29, 0.717) is 4.83 Å². The van der Waals surface area contributed by atoms with E-state index in [4.69, 9.17) is 0 Å². The van der Waals surface area contributed by atoms with Crippen molar-refractivity contribution in [1.82, 2.24) is 0 Å². The molecule has 3 rings (SSSR count). The first-order chi connectivity index (χ1) is 9.16. The lowest BCUT2D eigenvalue weighted by Gasteiger charge is -2.15. The van der Waals surface area contributed by atoms with Crippen LogP contribution in [0.25, 0.3) is 10.8 Å². The van der Waals surface area contributed by atoms with Gasteiger partial charge in [-0.05, 0) is 59.1 Å². The molecule has 1 aliphatic rings. The van der Waals surface area contributed by atoms with Gasteiger partial charge in [0.25, 0.3) is 0 Å². The zero-order valence-electron chi connectivity index (χ0n) is 11.7. The fraction of sp³-hybridized carbons (Fsp3) is 0.444. The number of alkyl halides is 1. The molecule has 0 aromatic heterocycles. The van der Waals surface area contributed by atoms with Crippen LogP contribution in [0.3, 0.4) is 0 Å². The van der Waals surface area contributed by atoms with Crippen LogP contribution in [0, 0.1) is 5.92 Å². The fourth-order valence-corrected chi connectivity index (χ4v) is 3.84.